The Hall–Kier alpha value is -3.09. The van der Waals surface area contributed by atoms with E-state index in [4.69, 9.17) is 4.74 Å². The van der Waals surface area contributed by atoms with Gasteiger partial charge in [0.1, 0.15) is 27.9 Å². The molecule has 4 rings (SSSR count). The smallest absolute Gasteiger partial charge is 0.215 e. The van der Waals surface area contributed by atoms with Crippen molar-refractivity contribution in [1.82, 2.24) is 4.90 Å². The van der Waals surface area contributed by atoms with E-state index in [1.807, 2.05) is 36.4 Å². The van der Waals surface area contributed by atoms with Crippen LogP contribution in [0.5, 0.6) is 11.5 Å². The fourth-order valence-electron chi connectivity index (χ4n) is 4.05. The molecule has 0 amide bonds. The highest BCUT2D eigenvalue weighted by atomic mass is 32.2. The summed E-state index contributed by atoms with van der Waals surface area (Å²) in [5.41, 5.74) is 0. The summed E-state index contributed by atoms with van der Waals surface area (Å²) < 4.78 is 34.2. The summed E-state index contributed by atoms with van der Waals surface area (Å²) in [6.45, 7) is 7.01. The zero-order valence-electron chi connectivity index (χ0n) is 18.3. The summed E-state index contributed by atoms with van der Waals surface area (Å²) in [7, 11) is -4.10. The van der Waals surface area contributed by atoms with Gasteiger partial charge in [0.15, 0.2) is 0 Å². The Balaban J connectivity index is 1.90. The molecule has 0 bridgehead atoms. The molecule has 0 fully saturated rings. The molecule has 0 saturated carbocycles. The average molecular weight is 450 g/mol. The first-order chi connectivity index (χ1) is 15.5. The van der Waals surface area contributed by atoms with Gasteiger partial charge in [0, 0.05) is 17.3 Å². The molecule has 0 aliphatic rings. The van der Waals surface area contributed by atoms with E-state index < -0.39 is 9.84 Å². The highest BCUT2D eigenvalue weighted by molar-refractivity contribution is 7.92. The predicted octanol–water partition coefficient (Wildman–Crippen LogP) is 5.25. The van der Waals surface area contributed by atoms with E-state index in [9.17, 15) is 13.5 Å². The van der Waals surface area contributed by atoms with Crippen LogP contribution in [0.4, 0.5) is 0 Å². The van der Waals surface area contributed by atoms with Gasteiger partial charge in [-0.2, -0.15) is 0 Å². The normalized spacial score (nSPS) is 12.0. The summed E-state index contributed by atoms with van der Waals surface area (Å²) in [5.74, 6) is 0.0221. The minimum atomic E-state index is -4.10. The maximum Gasteiger partial charge on any atom is 0.215 e. The van der Waals surface area contributed by atoms with Gasteiger partial charge in [0.25, 0.3) is 0 Å². The van der Waals surface area contributed by atoms with Crippen LogP contribution in [-0.2, 0) is 9.84 Å². The van der Waals surface area contributed by atoms with Gasteiger partial charge in [0.2, 0.25) is 9.84 Å². The monoisotopic (exact) mass is 449 g/mol. The van der Waals surface area contributed by atoms with Gasteiger partial charge in [-0.15, -0.1) is 0 Å². The second-order valence-electron chi connectivity index (χ2n) is 7.63. The van der Waals surface area contributed by atoms with Gasteiger partial charge in [-0.25, -0.2) is 8.42 Å². The van der Waals surface area contributed by atoms with Crippen LogP contribution in [0.15, 0.2) is 82.6 Å². The standard InChI is InChI=1S/C26H27NO4S/c1-3-27(4-2)17-18-31-24-16-14-20-10-6-8-12-22(20)26(24)32(29,30)25-21-11-7-5-9-19(21)13-15-23(25)28/h5-16,28H,3-4,17-18H2,1-2H3. The van der Waals surface area contributed by atoms with Crippen molar-refractivity contribution in [3.8, 4) is 11.5 Å². The molecule has 4 aromatic carbocycles. The summed E-state index contributed by atoms with van der Waals surface area (Å²) in [6.07, 6.45) is 0. The van der Waals surface area contributed by atoms with Gasteiger partial charge in [-0.05, 0) is 36.0 Å². The summed E-state index contributed by atoms with van der Waals surface area (Å²) in [5, 5.41) is 13.2. The molecule has 6 heteroatoms. The van der Waals surface area contributed by atoms with Crippen LogP contribution in [0.25, 0.3) is 21.5 Å². The lowest BCUT2D eigenvalue weighted by Crippen LogP contribution is -2.28. The van der Waals surface area contributed by atoms with E-state index >= 15 is 0 Å². The number of sulfone groups is 1. The second-order valence-corrected chi connectivity index (χ2v) is 9.45. The number of benzene rings is 4. The molecule has 32 heavy (non-hydrogen) atoms. The highest BCUT2D eigenvalue weighted by Crippen LogP contribution is 2.41. The number of aromatic hydroxyl groups is 1. The molecule has 0 aromatic heterocycles. The van der Waals surface area contributed by atoms with Gasteiger partial charge in [-0.3, -0.25) is 0 Å². The van der Waals surface area contributed by atoms with Crippen LogP contribution in [0, 0.1) is 0 Å². The number of ether oxygens (including phenoxy) is 1. The molecular formula is C26H27NO4S. The molecule has 5 nitrogen and oxygen atoms in total. The Morgan fingerprint density at radius 3 is 1.97 bits per heavy atom. The predicted molar refractivity (Wildman–Crippen MR) is 128 cm³/mol. The molecule has 0 unspecified atom stereocenters. The van der Waals surface area contributed by atoms with Crippen LogP contribution in [0.1, 0.15) is 13.8 Å². The SMILES string of the molecule is CCN(CC)CCOc1ccc2ccccc2c1S(=O)(=O)c1c(O)ccc2ccccc12. The van der Waals surface area contributed by atoms with E-state index in [0.717, 1.165) is 23.9 Å². The van der Waals surface area contributed by atoms with Crippen LogP contribution >= 0.6 is 0 Å². The molecule has 0 atom stereocenters. The Morgan fingerprint density at radius 2 is 1.34 bits per heavy atom. The summed E-state index contributed by atoms with van der Waals surface area (Å²) >= 11 is 0. The van der Waals surface area contributed by atoms with E-state index in [1.54, 1.807) is 30.3 Å². The molecule has 166 valence electrons. The number of rotatable bonds is 8. The summed E-state index contributed by atoms with van der Waals surface area (Å²) in [4.78, 5) is 2.20. The number of phenolic OH excluding ortho intramolecular Hbond substituents is 1. The second kappa shape index (κ2) is 9.18. The van der Waals surface area contributed by atoms with Crippen LogP contribution in [-0.4, -0.2) is 44.7 Å². The molecule has 0 spiro atoms. The van der Waals surface area contributed by atoms with Crippen LogP contribution in [0.3, 0.4) is 0 Å². The van der Waals surface area contributed by atoms with Gasteiger partial charge in [0.05, 0.1) is 0 Å². The zero-order valence-corrected chi connectivity index (χ0v) is 19.1. The third-order valence-electron chi connectivity index (χ3n) is 5.80. The molecule has 0 saturated heterocycles. The number of fused-ring (bicyclic) bond motifs is 2. The van der Waals surface area contributed by atoms with Crippen molar-refractivity contribution in [2.45, 2.75) is 23.6 Å². The van der Waals surface area contributed by atoms with Gasteiger partial charge >= 0.3 is 0 Å². The topological polar surface area (TPSA) is 66.8 Å². The Labute approximate surface area is 188 Å². The molecule has 0 radical (unpaired) electrons. The lowest BCUT2D eigenvalue weighted by atomic mass is 10.1. The number of phenols is 1. The average Bonchev–Trinajstić information content (AvgIpc) is 2.81. The molecule has 0 aliphatic carbocycles. The van der Waals surface area contributed by atoms with Crippen molar-refractivity contribution < 1.29 is 18.3 Å². The van der Waals surface area contributed by atoms with Crippen molar-refractivity contribution >= 4 is 31.4 Å². The van der Waals surface area contributed by atoms with Crippen LogP contribution < -0.4 is 4.74 Å². The first-order valence-electron chi connectivity index (χ1n) is 10.8. The van der Waals surface area contributed by atoms with Crippen molar-refractivity contribution in [3.63, 3.8) is 0 Å². The van der Waals surface area contributed by atoms with E-state index in [-0.39, 0.29) is 15.5 Å². The highest BCUT2D eigenvalue weighted by Gasteiger charge is 2.30. The number of hydrogen-bond acceptors (Lipinski definition) is 5. The number of hydrogen-bond donors (Lipinski definition) is 1. The third kappa shape index (κ3) is 4.04. The molecule has 4 aromatic rings. The third-order valence-corrected chi connectivity index (χ3v) is 7.72. The Morgan fingerprint density at radius 1 is 0.781 bits per heavy atom. The van der Waals surface area contributed by atoms with Crippen molar-refractivity contribution in [3.05, 3.63) is 72.8 Å². The van der Waals surface area contributed by atoms with Crippen LogP contribution in [0.2, 0.25) is 0 Å². The summed E-state index contributed by atoms with van der Waals surface area (Å²) in [6, 6.07) is 21.2. The molecule has 0 aliphatic heterocycles. The molecular weight excluding hydrogens is 422 g/mol. The first-order valence-corrected chi connectivity index (χ1v) is 12.3. The van der Waals surface area contributed by atoms with E-state index in [0.29, 0.717) is 29.7 Å². The fourth-order valence-corrected chi connectivity index (χ4v) is 5.94. The Bertz CT molecular complexity index is 1360. The minimum absolute atomic E-state index is 0.0850. The molecule has 1 N–H and O–H groups in total. The fraction of sp³-hybridized carbons (Fsp3) is 0.231. The van der Waals surface area contributed by atoms with Gasteiger partial charge < -0.3 is 14.7 Å². The maximum absolute atomic E-state index is 14.1. The Kier molecular flexibility index (Phi) is 6.35. The van der Waals surface area contributed by atoms with Crippen molar-refractivity contribution in [1.29, 1.82) is 0 Å². The minimum Gasteiger partial charge on any atom is -0.507 e. The van der Waals surface area contributed by atoms with E-state index in [1.165, 1.54) is 6.07 Å². The molecule has 0 heterocycles. The van der Waals surface area contributed by atoms with Gasteiger partial charge in [-0.1, -0.05) is 74.5 Å². The van der Waals surface area contributed by atoms with Crippen molar-refractivity contribution in [2.24, 2.45) is 0 Å². The largest absolute Gasteiger partial charge is 0.507 e. The zero-order chi connectivity index (χ0) is 22.7. The maximum atomic E-state index is 14.1. The number of nitrogens with zero attached hydrogens (tertiary/aromatic N) is 1. The lowest BCUT2D eigenvalue weighted by Gasteiger charge is -2.20. The first kappa shape index (κ1) is 22.1. The quantitative estimate of drug-likeness (QED) is 0.398. The van der Waals surface area contributed by atoms with Crippen molar-refractivity contribution in [2.75, 3.05) is 26.2 Å². The lowest BCUT2D eigenvalue weighted by molar-refractivity contribution is 0.220. The number of likely N-dealkylation sites (N-methyl/N-ethyl adjacent to an activating group) is 1. The van der Waals surface area contributed by atoms with E-state index in [2.05, 4.69) is 18.7 Å².